The Bertz CT molecular complexity index is 2870. The highest BCUT2D eigenvalue weighted by Crippen LogP contribution is 2.52. The molecule has 2 unspecified atom stereocenters. The molecule has 2 atom stereocenters. The summed E-state index contributed by atoms with van der Waals surface area (Å²) in [5, 5.41) is -1.02. The molecule has 0 radical (unpaired) electrons. The number of halogens is 18. The summed E-state index contributed by atoms with van der Waals surface area (Å²) in [6.07, 6.45) is -16.8. The fourth-order valence-corrected chi connectivity index (χ4v) is 9.81. The number of nitrogens with zero attached hydrogens (tertiary/aromatic N) is 8. The lowest BCUT2D eigenvalue weighted by molar-refractivity contribution is -0.185. The smallest absolute Gasteiger partial charge is 0.340 e. The summed E-state index contributed by atoms with van der Waals surface area (Å²) in [6, 6.07) is 14.1. The molecule has 4 aromatic heterocycles. The molecule has 0 spiro atoms. The van der Waals surface area contributed by atoms with Crippen molar-refractivity contribution in [1.82, 2.24) is 29.9 Å². The fraction of sp³-hybridized carbons (Fsp3) is 0.333. The molecule has 28 heteroatoms. The Morgan fingerprint density at radius 2 is 0.855 bits per heavy atom. The Labute approximate surface area is 453 Å². The lowest BCUT2D eigenvalue weighted by atomic mass is 9.79. The van der Waals surface area contributed by atoms with Crippen LogP contribution < -0.4 is 9.80 Å². The van der Waals surface area contributed by atoms with Crippen molar-refractivity contribution in [3.8, 4) is 0 Å². The van der Waals surface area contributed by atoms with Gasteiger partial charge in [-0.05, 0) is 85.3 Å². The maximum atomic E-state index is 14.4. The first kappa shape index (κ1) is 58.4. The molecule has 0 aliphatic carbocycles. The normalized spacial score (nSPS) is 18.2. The van der Waals surface area contributed by atoms with E-state index in [4.69, 9.17) is 69.6 Å². The highest BCUT2D eigenvalue weighted by molar-refractivity contribution is 6.48. The Balaban J connectivity index is 0.000000221. The predicted octanol–water partition coefficient (Wildman–Crippen LogP) is 14.8. The topological polar surface area (TPSA) is 118 Å². The van der Waals surface area contributed by atoms with E-state index in [1.54, 1.807) is 36.4 Å². The lowest BCUT2D eigenvalue weighted by Crippen LogP contribution is -2.45. The van der Waals surface area contributed by atoms with Crippen LogP contribution in [-0.2, 0) is 36.0 Å². The van der Waals surface area contributed by atoms with Crippen LogP contribution in [0, 0.1) is 0 Å². The van der Waals surface area contributed by atoms with Crippen LogP contribution in [0.25, 0.3) is 0 Å². The van der Waals surface area contributed by atoms with E-state index in [0.29, 0.717) is 23.8 Å². The summed E-state index contributed by atoms with van der Waals surface area (Å²) in [5.41, 5.74) is -9.18. The zero-order valence-electron chi connectivity index (χ0n) is 38.4. The van der Waals surface area contributed by atoms with E-state index >= 15 is 0 Å². The van der Waals surface area contributed by atoms with E-state index < -0.39 is 107 Å². The molecular formula is C48H34Cl6F12N8O2. The quantitative estimate of drug-likeness (QED) is 0.0666. The van der Waals surface area contributed by atoms with E-state index in [-0.39, 0.29) is 80.0 Å². The number of carbonyl (C=O) groups excluding carboxylic acids is 2. The first-order valence-corrected chi connectivity index (χ1v) is 24.4. The summed E-state index contributed by atoms with van der Waals surface area (Å²) < 4.78 is 170. The van der Waals surface area contributed by atoms with Gasteiger partial charge in [0.15, 0.2) is 23.0 Å². The van der Waals surface area contributed by atoms with Crippen molar-refractivity contribution >= 4 is 93.1 Å². The van der Waals surface area contributed by atoms with Crippen LogP contribution in [0.15, 0.2) is 85.5 Å². The standard InChI is InChI=1S/2C24H17Cl3F6N4O/c2*25-16-9-13(10-17(26)19(16)27)22(24(31,32)33)6-8-37(12-22)21-35-11-15(20(36-21)23(28,29)30)18(38)5-4-14-3-1-2-7-34-14/h2*1-3,7,9-11H,4-6,8,12H2. The van der Waals surface area contributed by atoms with E-state index in [2.05, 4.69) is 29.9 Å². The molecule has 0 bridgehead atoms. The second-order valence-corrected chi connectivity index (χ2v) is 19.7. The molecule has 76 heavy (non-hydrogen) atoms. The minimum atomic E-state index is -5.05. The van der Waals surface area contributed by atoms with Gasteiger partial charge in [0.1, 0.15) is 10.8 Å². The van der Waals surface area contributed by atoms with Crippen LogP contribution in [0.4, 0.5) is 64.6 Å². The number of aromatic nitrogens is 6. The van der Waals surface area contributed by atoms with Crippen molar-refractivity contribution in [3.63, 3.8) is 0 Å². The first-order chi connectivity index (χ1) is 35.5. The monoisotopic (exact) mass is 1190 g/mol. The minimum absolute atomic E-state index is 0.0885. The van der Waals surface area contributed by atoms with Gasteiger partial charge in [-0.3, -0.25) is 19.6 Å². The second-order valence-electron chi connectivity index (χ2n) is 17.4. The zero-order valence-corrected chi connectivity index (χ0v) is 42.9. The Kier molecular flexibility index (Phi) is 17.4. The third-order valence-corrected chi connectivity index (χ3v) is 15.0. The van der Waals surface area contributed by atoms with Crippen LogP contribution in [0.1, 0.15) is 80.3 Å². The third-order valence-electron chi connectivity index (χ3n) is 12.6. The summed E-state index contributed by atoms with van der Waals surface area (Å²) in [6.45, 7) is -2.23. The summed E-state index contributed by atoms with van der Waals surface area (Å²) in [7, 11) is 0. The van der Waals surface area contributed by atoms with Crippen LogP contribution in [0.2, 0.25) is 30.1 Å². The van der Waals surface area contributed by atoms with E-state index in [0.717, 1.165) is 34.1 Å². The molecule has 0 amide bonds. The SMILES string of the molecule is O=C(CCc1ccccn1)c1cnc(N2CCC(c3cc(Cl)c(Cl)c(Cl)c3)(C(F)(F)F)C2)nc1C(F)(F)F.O=C(CCc1ccccn1)c1cnc(N2CCC(c3cc(Cl)c(Cl)c(Cl)c3)(C(F)(F)F)C2)nc1C(F)(F)F. The van der Waals surface area contributed by atoms with Gasteiger partial charge in [-0.1, -0.05) is 81.7 Å². The molecule has 0 N–H and O–H groups in total. The Hall–Kier alpha value is -5.26. The number of aryl methyl sites for hydroxylation is 2. The molecule has 10 nitrogen and oxygen atoms in total. The predicted molar refractivity (Wildman–Crippen MR) is 260 cm³/mol. The van der Waals surface area contributed by atoms with Crippen LogP contribution in [-0.4, -0.2) is 80.0 Å². The summed E-state index contributed by atoms with van der Waals surface area (Å²) >= 11 is 35.6. The van der Waals surface area contributed by atoms with Crippen molar-refractivity contribution in [2.75, 3.05) is 36.0 Å². The van der Waals surface area contributed by atoms with Gasteiger partial charge in [0, 0.05) is 75.2 Å². The van der Waals surface area contributed by atoms with Crippen LogP contribution >= 0.6 is 69.6 Å². The molecule has 2 aromatic carbocycles. The fourth-order valence-electron chi connectivity index (χ4n) is 8.62. The number of pyridine rings is 2. The molecule has 6 aromatic rings. The third kappa shape index (κ3) is 12.5. The molecule has 2 fully saturated rings. The zero-order chi connectivity index (χ0) is 55.8. The molecule has 2 aliphatic heterocycles. The first-order valence-electron chi connectivity index (χ1n) is 22.1. The molecule has 2 aliphatic rings. The van der Waals surface area contributed by atoms with Crippen LogP contribution in [0.3, 0.4) is 0 Å². The number of Topliss-reactive ketones (excluding diaryl/α,β-unsaturated/α-hetero) is 2. The van der Waals surface area contributed by atoms with Crippen molar-refractivity contribution in [1.29, 1.82) is 0 Å². The summed E-state index contributed by atoms with van der Waals surface area (Å²) in [5.74, 6) is -2.91. The number of rotatable bonds is 12. The van der Waals surface area contributed by atoms with Gasteiger partial charge < -0.3 is 9.80 Å². The molecule has 0 saturated carbocycles. The van der Waals surface area contributed by atoms with Crippen LogP contribution in [0.5, 0.6) is 0 Å². The van der Waals surface area contributed by atoms with Gasteiger partial charge in [0.05, 0.1) is 41.3 Å². The number of hydrogen-bond acceptors (Lipinski definition) is 10. The van der Waals surface area contributed by atoms with Gasteiger partial charge in [-0.15, -0.1) is 0 Å². The Morgan fingerprint density at radius 3 is 1.14 bits per heavy atom. The van der Waals surface area contributed by atoms with E-state index in [1.165, 1.54) is 12.4 Å². The maximum Gasteiger partial charge on any atom is 0.434 e. The molecule has 404 valence electrons. The highest BCUT2D eigenvalue weighted by atomic mass is 35.5. The number of alkyl halides is 12. The number of carbonyl (C=O) groups is 2. The molecule has 8 rings (SSSR count). The lowest BCUT2D eigenvalue weighted by Gasteiger charge is -2.32. The Morgan fingerprint density at radius 1 is 0.513 bits per heavy atom. The van der Waals surface area contributed by atoms with Crippen molar-refractivity contribution < 1.29 is 62.3 Å². The van der Waals surface area contributed by atoms with Gasteiger partial charge in [0.2, 0.25) is 11.9 Å². The van der Waals surface area contributed by atoms with E-state index in [1.807, 2.05) is 0 Å². The number of anilines is 2. The van der Waals surface area contributed by atoms with Gasteiger partial charge in [-0.2, -0.15) is 52.7 Å². The highest BCUT2D eigenvalue weighted by Gasteiger charge is 2.61. The maximum absolute atomic E-state index is 14.4. The molecular weight excluding hydrogens is 1160 g/mol. The van der Waals surface area contributed by atoms with Gasteiger partial charge in [0.25, 0.3) is 0 Å². The van der Waals surface area contributed by atoms with Crippen molar-refractivity contribution in [2.24, 2.45) is 0 Å². The van der Waals surface area contributed by atoms with Gasteiger partial charge >= 0.3 is 24.7 Å². The average Bonchev–Trinajstić information content (AvgIpc) is 4.05. The van der Waals surface area contributed by atoms with Crippen molar-refractivity contribution in [2.45, 2.75) is 74.1 Å². The largest absolute Gasteiger partial charge is 0.434 e. The van der Waals surface area contributed by atoms with Gasteiger partial charge in [-0.25, -0.2) is 19.9 Å². The molecule has 6 heterocycles. The number of ketones is 2. The van der Waals surface area contributed by atoms with Crippen molar-refractivity contribution in [3.05, 3.63) is 161 Å². The number of hydrogen-bond donors (Lipinski definition) is 0. The second kappa shape index (κ2) is 22.6. The van der Waals surface area contributed by atoms with E-state index in [9.17, 15) is 62.3 Å². The number of benzene rings is 2. The average molecular weight is 1200 g/mol. The minimum Gasteiger partial charge on any atom is -0.340 e. The molecule has 2 saturated heterocycles. The summed E-state index contributed by atoms with van der Waals surface area (Å²) in [4.78, 5) is 50.0.